The molecular weight excluding hydrogens is 550 g/mol. The van der Waals surface area contributed by atoms with Crippen LogP contribution in [0.4, 0.5) is 8.78 Å². The minimum Gasteiger partial charge on any atom is -0.497 e. The lowest BCUT2D eigenvalue weighted by Crippen LogP contribution is -2.29. The van der Waals surface area contributed by atoms with Gasteiger partial charge in [0.05, 0.1) is 26.4 Å². The normalized spacial score (nSPS) is 13.6. The van der Waals surface area contributed by atoms with Crippen LogP contribution < -0.4 is 9.47 Å². The van der Waals surface area contributed by atoms with E-state index in [9.17, 15) is 29.2 Å². The highest BCUT2D eigenvalue weighted by Gasteiger charge is 2.29. The summed E-state index contributed by atoms with van der Waals surface area (Å²) in [4.78, 5) is 0. The number of hydrogen-bond donors (Lipinski definition) is 5. The van der Waals surface area contributed by atoms with Crippen molar-refractivity contribution in [1.82, 2.24) is 0 Å². The lowest BCUT2D eigenvalue weighted by Gasteiger charge is -2.22. The maximum absolute atomic E-state index is 14.1. The van der Waals surface area contributed by atoms with Gasteiger partial charge < -0.3 is 39.7 Å². The van der Waals surface area contributed by atoms with Crippen molar-refractivity contribution >= 4 is 0 Å². The summed E-state index contributed by atoms with van der Waals surface area (Å²) < 4.78 is 43.7. The fourth-order valence-electron chi connectivity index (χ4n) is 4.53. The van der Waals surface area contributed by atoms with Gasteiger partial charge in [-0.2, -0.15) is 0 Å². The first kappa shape index (κ1) is 35.9. The molecule has 0 saturated heterocycles. The molecule has 5 N–H and O–H groups in total. The Kier molecular flexibility index (Phi) is 16.3. The predicted octanol–water partition coefficient (Wildman–Crippen LogP) is 5.28. The summed E-state index contributed by atoms with van der Waals surface area (Å²) in [5.74, 6) is -3.67. The number of halogens is 2. The van der Waals surface area contributed by atoms with Crippen molar-refractivity contribution in [2.45, 2.75) is 101 Å². The van der Waals surface area contributed by atoms with Crippen molar-refractivity contribution < 1.29 is 48.5 Å². The number of alkyl halides is 2. The van der Waals surface area contributed by atoms with Crippen molar-refractivity contribution in [2.24, 2.45) is 0 Å². The van der Waals surface area contributed by atoms with Crippen LogP contribution in [0.3, 0.4) is 0 Å². The number of rotatable bonds is 23. The fraction of sp³-hybridized carbons (Fsp3) is 0.625. The van der Waals surface area contributed by atoms with Gasteiger partial charge in [-0.1, -0.05) is 49.9 Å². The van der Waals surface area contributed by atoms with E-state index >= 15 is 0 Å². The highest BCUT2D eigenvalue weighted by atomic mass is 19.3. The zero-order chi connectivity index (χ0) is 30.8. The second-order valence-electron chi connectivity index (χ2n) is 10.9. The van der Waals surface area contributed by atoms with Crippen LogP contribution in [0.25, 0.3) is 0 Å². The van der Waals surface area contributed by atoms with Gasteiger partial charge in [-0.25, -0.2) is 8.78 Å². The molecule has 0 aliphatic heterocycles. The lowest BCUT2D eigenvalue weighted by molar-refractivity contribution is -0.172. The molecule has 10 heteroatoms. The van der Waals surface area contributed by atoms with Crippen molar-refractivity contribution in [3.05, 3.63) is 59.7 Å². The number of methoxy groups -OCH3 is 1. The molecule has 0 saturated carbocycles. The third kappa shape index (κ3) is 15.2. The lowest BCUT2D eigenvalue weighted by atomic mass is 9.98. The van der Waals surface area contributed by atoms with Crippen LogP contribution in [0.2, 0.25) is 0 Å². The number of unbranched alkanes of at least 4 members (excludes halogenated alkanes) is 5. The number of hydrogen-bond acceptors (Lipinski definition) is 8. The molecule has 0 aromatic heterocycles. The third-order valence-corrected chi connectivity index (χ3v) is 7.10. The molecular formula is C32H48F2O8. The molecule has 0 fully saturated rings. The van der Waals surface area contributed by atoms with Gasteiger partial charge in [0.25, 0.3) is 5.92 Å². The van der Waals surface area contributed by atoms with E-state index in [1.54, 1.807) is 43.5 Å². The van der Waals surface area contributed by atoms with E-state index in [2.05, 4.69) is 0 Å². The Hall–Kier alpha value is -2.34. The smallest absolute Gasteiger partial charge is 0.270 e. The number of aliphatic hydroxyl groups excluding tert-OH is 3. The Morgan fingerprint density at radius 3 is 1.93 bits per heavy atom. The van der Waals surface area contributed by atoms with Crippen molar-refractivity contribution in [2.75, 3.05) is 26.9 Å². The minimum absolute atomic E-state index is 0.0315. The second-order valence-corrected chi connectivity index (χ2v) is 10.9. The summed E-state index contributed by atoms with van der Waals surface area (Å²) >= 11 is 0. The quantitative estimate of drug-likeness (QED) is 0.0863. The summed E-state index contributed by atoms with van der Waals surface area (Å²) in [6.45, 7) is -1.20. The average molecular weight is 599 g/mol. The van der Waals surface area contributed by atoms with E-state index in [4.69, 9.17) is 19.3 Å². The summed E-state index contributed by atoms with van der Waals surface area (Å²) in [6, 6.07) is 14.0. The van der Waals surface area contributed by atoms with E-state index < -0.39 is 30.5 Å². The number of aliphatic hydroxyl groups is 5. The third-order valence-electron chi connectivity index (χ3n) is 7.10. The molecule has 42 heavy (non-hydrogen) atoms. The van der Waals surface area contributed by atoms with Gasteiger partial charge in [0.2, 0.25) is 0 Å². The first-order valence-electron chi connectivity index (χ1n) is 14.8. The Balaban J connectivity index is 1.47. The summed E-state index contributed by atoms with van der Waals surface area (Å²) in [6.07, 6.45) is 3.12. The zero-order valence-corrected chi connectivity index (χ0v) is 24.6. The Morgan fingerprint density at radius 1 is 0.738 bits per heavy atom. The van der Waals surface area contributed by atoms with Crippen molar-refractivity contribution in [3.8, 4) is 11.5 Å². The average Bonchev–Trinajstić information content (AvgIpc) is 2.97. The van der Waals surface area contributed by atoms with Crippen molar-refractivity contribution in [1.29, 1.82) is 0 Å². The van der Waals surface area contributed by atoms with Gasteiger partial charge in [-0.05, 0) is 61.1 Å². The Labute approximate surface area is 247 Å². The molecule has 2 rings (SSSR count). The molecule has 0 bridgehead atoms. The minimum atomic E-state index is -3.04. The van der Waals surface area contributed by atoms with E-state index in [0.717, 1.165) is 30.4 Å². The summed E-state index contributed by atoms with van der Waals surface area (Å²) in [7, 11) is 1.55. The van der Waals surface area contributed by atoms with Crippen LogP contribution in [-0.2, 0) is 11.3 Å². The SMILES string of the molecule is COc1ccc(OCC(O)COCC(F)(F)CCCCCC(O)(O)CCCCCCC(O)c2ccc(CO)cc2)cc1. The number of ether oxygens (including phenoxy) is 3. The molecule has 0 aliphatic rings. The molecule has 0 radical (unpaired) electrons. The molecule has 0 amide bonds. The van der Waals surface area contributed by atoms with Crippen LogP contribution in [0.1, 0.15) is 87.9 Å². The van der Waals surface area contributed by atoms with Crippen LogP contribution in [0.15, 0.2) is 48.5 Å². The number of benzene rings is 2. The van der Waals surface area contributed by atoms with Gasteiger partial charge in [0, 0.05) is 19.3 Å². The molecule has 8 nitrogen and oxygen atoms in total. The van der Waals surface area contributed by atoms with Gasteiger partial charge >= 0.3 is 0 Å². The molecule has 2 atom stereocenters. The van der Waals surface area contributed by atoms with Crippen LogP contribution in [0.5, 0.6) is 11.5 Å². The largest absolute Gasteiger partial charge is 0.497 e. The second kappa shape index (κ2) is 19.0. The zero-order valence-electron chi connectivity index (χ0n) is 24.6. The van der Waals surface area contributed by atoms with E-state index in [1.807, 2.05) is 12.1 Å². The molecule has 238 valence electrons. The monoisotopic (exact) mass is 598 g/mol. The first-order valence-corrected chi connectivity index (χ1v) is 14.8. The predicted molar refractivity (Wildman–Crippen MR) is 156 cm³/mol. The highest BCUT2D eigenvalue weighted by molar-refractivity contribution is 5.31. The topological polar surface area (TPSA) is 129 Å². The maximum atomic E-state index is 14.1. The molecule has 2 unspecified atom stereocenters. The van der Waals surface area contributed by atoms with Gasteiger partial charge in [-0.3, -0.25) is 0 Å². The van der Waals surface area contributed by atoms with E-state index in [1.165, 1.54) is 0 Å². The van der Waals surface area contributed by atoms with E-state index in [0.29, 0.717) is 37.2 Å². The molecule has 2 aromatic rings. The van der Waals surface area contributed by atoms with Crippen molar-refractivity contribution in [3.63, 3.8) is 0 Å². The van der Waals surface area contributed by atoms with Crippen LogP contribution in [-0.4, -0.2) is 70.3 Å². The summed E-state index contributed by atoms with van der Waals surface area (Å²) in [5.41, 5.74) is 1.61. The first-order chi connectivity index (χ1) is 20.0. The Morgan fingerprint density at radius 2 is 1.31 bits per heavy atom. The van der Waals surface area contributed by atoms with Gasteiger partial charge in [0.1, 0.15) is 30.8 Å². The van der Waals surface area contributed by atoms with Gasteiger partial charge in [0.15, 0.2) is 5.79 Å². The standard InChI is InChI=1S/C32H48F2O8/c1-40-28-14-16-29(17-15-28)42-23-27(36)22-41-24-31(33,34)18-6-4-8-20-32(38,39)19-7-3-2-5-9-30(37)26-12-10-25(21-35)11-13-26/h10-17,27,30,35-39H,2-9,18-24H2,1H3. The molecule has 2 aromatic carbocycles. The van der Waals surface area contributed by atoms with Crippen LogP contribution in [0, 0.1) is 0 Å². The Bertz CT molecular complexity index is 969. The van der Waals surface area contributed by atoms with E-state index in [-0.39, 0.29) is 45.5 Å². The molecule has 0 heterocycles. The molecule has 0 spiro atoms. The van der Waals surface area contributed by atoms with Crippen LogP contribution >= 0.6 is 0 Å². The maximum Gasteiger partial charge on any atom is 0.270 e. The fourth-order valence-corrected chi connectivity index (χ4v) is 4.53. The molecule has 0 aliphatic carbocycles. The highest BCUT2D eigenvalue weighted by Crippen LogP contribution is 2.26. The van der Waals surface area contributed by atoms with Gasteiger partial charge in [-0.15, -0.1) is 0 Å². The summed E-state index contributed by atoms with van der Waals surface area (Å²) in [5, 5.41) is 49.7.